The zero-order chi connectivity index (χ0) is 25.1. The molecule has 0 aliphatic carbocycles. The minimum absolute atomic E-state index is 0.102. The number of hydrogen-bond donors (Lipinski definition) is 0. The summed E-state index contributed by atoms with van der Waals surface area (Å²) in [5.41, 5.74) is -3.40. The molecule has 0 amide bonds. The summed E-state index contributed by atoms with van der Waals surface area (Å²) in [6.07, 6.45) is 0. The zero-order valence-corrected chi connectivity index (χ0v) is 18.9. The molecule has 0 bridgehead atoms. The van der Waals surface area contributed by atoms with Crippen LogP contribution in [0.4, 0.5) is 24.5 Å². The van der Waals surface area contributed by atoms with Crippen LogP contribution in [0.5, 0.6) is 5.75 Å². The van der Waals surface area contributed by atoms with Crippen molar-refractivity contribution >= 4 is 27.3 Å². The Morgan fingerprint density at radius 3 is 1.88 bits per heavy atom. The van der Waals surface area contributed by atoms with Crippen molar-refractivity contribution in [3.8, 4) is 5.75 Å². The van der Waals surface area contributed by atoms with Gasteiger partial charge in [0.05, 0.1) is 26.1 Å². The van der Waals surface area contributed by atoms with E-state index < -0.39 is 15.6 Å². The number of amidine groups is 1. The Morgan fingerprint density at radius 1 is 1.03 bits per heavy atom. The van der Waals surface area contributed by atoms with Crippen LogP contribution in [-0.2, 0) is 10.1 Å². The molecule has 180 valence electrons. The number of nitro groups is 1. The second-order valence-electron chi connectivity index (χ2n) is 7.30. The van der Waals surface area contributed by atoms with Crippen molar-refractivity contribution < 1.29 is 40.4 Å². The second-order valence-corrected chi connectivity index (χ2v) is 8.67. The first-order chi connectivity index (χ1) is 15.2. The number of non-ortho nitro benzene ring substituents is 1. The number of ether oxygens (including phenoxy) is 1. The van der Waals surface area contributed by atoms with Gasteiger partial charge in [0, 0.05) is 12.1 Å². The number of alkyl halides is 3. The number of benzene rings is 2. The first kappa shape index (κ1) is 26.1. The fourth-order valence-corrected chi connectivity index (χ4v) is 3.53. The van der Waals surface area contributed by atoms with Crippen LogP contribution in [0.1, 0.15) is 18.5 Å². The van der Waals surface area contributed by atoms with Crippen LogP contribution in [0, 0.1) is 16.0 Å². The maximum absolute atomic E-state index is 10.9. The average molecular weight is 489 g/mol. The molecule has 0 N–H and O–H groups in total. The quantitative estimate of drug-likeness (QED) is 0.212. The zero-order valence-electron chi connectivity index (χ0n) is 18.1. The first-order valence-corrected chi connectivity index (χ1v) is 10.8. The lowest BCUT2D eigenvalue weighted by molar-refractivity contribution is -0.470. The molecule has 3 rings (SSSR count). The van der Waals surface area contributed by atoms with E-state index in [-0.39, 0.29) is 16.7 Å². The van der Waals surface area contributed by atoms with Crippen LogP contribution >= 0.6 is 0 Å². The number of rotatable bonds is 4. The van der Waals surface area contributed by atoms with Gasteiger partial charge in [0.15, 0.2) is 10.1 Å². The van der Waals surface area contributed by atoms with Crippen molar-refractivity contribution in [2.45, 2.75) is 18.5 Å². The smallest absolute Gasteiger partial charge is 0.485 e. The van der Waals surface area contributed by atoms with E-state index in [0.717, 1.165) is 11.4 Å². The molecule has 2 atom stereocenters. The topological polar surface area (TPSA) is 116 Å². The van der Waals surface area contributed by atoms with Crippen LogP contribution in [0.15, 0.2) is 48.5 Å². The molecule has 0 aromatic heterocycles. The van der Waals surface area contributed by atoms with Crippen molar-refractivity contribution in [3.63, 3.8) is 0 Å². The summed E-state index contributed by atoms with van der Waals surface area (Å²) in [6, 6.07) is 15.0. The number of anilines is 1. The molecular weight excluding hydrogens is 467 g/mol. The largest absolute Gasteiger partial charge is 0.741 e. The molecule has 1 saturated heterocycles. The molecule has 1 heterocycles. The van der Waals surface area contributed by atoms with Gasteiger partial charge >= 0.3 is 5.51 Å². The summed E-state index contributed by atoms with van der Waals surface area (Å²) in [5, 5.41) is 10.9. The molecule has 0 spiro atoms. The van der Waals surface area contributed by atoms with Gasteiger partial charge in [0.2, 0.25) is 0 Å². The van der Waals surface area contributed by atoms with E-state index in [4.69, 9.17) is 17.7 Å². The number of nitrogens with zero attached hydrogens (tertiary/aromatic N) is 3. The molecule has 0 radical (unpaired) electrons. The molecular formula is C20H22F3N3O6S. The Morgan fingerprint density at radius 2 is 1.52 bits per heavy atom. The van der Waals surface area contributed by atoms with Gasteiger partial charge in [0.25, 0.3) is 11.5 Å². The molecule has 9 nitrogen and oxygen atoms in total. The Hall–Kier alpha value is -3.19. The fraction of sp³-hybridized carbons (Fsp3) is 0.350. The second kappa shape index (κ2) is 9.75. The summed E-state index contributed by atoms with van der Waals surface area (Å²) < 4.78 is 66.2. The van der Waals surface area contributed by atoms with E-state index in [2.05, 4.69) is 28.5 Å². The van der Waals surface area contributed by atoms with E-state index in [1.807, 2.05) is 38.4 Å². The van der Waals surface area contributed by atoms with Crippen molar-refractivity contribution in [3.05, 3.63) is 64.2 Å². The number of nitro benzene ring substituents is 1. The standard InChI is InChI=1S/C19H22N3O3.CHF3O3S/c1-13-18(14-5-11-17(25-4)12-6-14)21(19(13)20(2)3)15-7-9-16(10-8-15)22(23)24;2-1(3,4)8(5,6)7/h5-13,18H,1-4H3;(H,5,6,7)/q+1;/p-1/t13-,18-;/m0./s1. The van der Waals surface area contributed by atoms with Crippen molar-refractivity contribution in [2.24, 2.45) is 5.92 Å². The SMILES string of the molecule is COc1ccc([C@@H]2[C@H](C)C(=[N+](C)C)N2c2ccc([N+](=O)[O-])cc2)cc1.O=S(=O)([O-])C(F)(F)F. The highest BCUT2D eigenvalue weighted by atomic mass is 32.2. The van der Waals surface area contributed by atoms with Gasteiger partial charge in [-0.1, -0.05) is 12.1 Å². The van der Waals surface area contributed by atoms with Crippen molar-refractivity contribution in [2.75, 3.05) is 26.1 Å². The normalized spacial score (nSPS) is 18.1. The minimum atomic E-state index is -6.09. The van der Waals surface area contributed by atoms with Gasteiger partial charge in [-0.15, -0.1) is 0 Å². The molecule has 13 heteroatoms. The van der Waals surface area contributed by atoms with Gasteiger partial charge in [-0.05, 0) is 36.8 Å². The maximum atomic E-state index is 10.9. The van der Waals surface area contributed by atoms with Gasteiger partial charge in [-0.2, -0.15) is 13.2 Å². The molecule has 2 aromatic carbocycles. The van der Waals surface area contributed by atoms with Crippen molar-refractivity contribution in [1.29, 1.82) is 0 Å². The Kier molecular flexibility index (Phi) is 7.70. The Labute approximate surface area is 188 Å². The number of halogens is 3. The number of methoxy groups -OCH3 is 1. The van der Waals surface area contributed by atoms with Crippen LogP contribution in [0.2, 0.25) is 0 Å². The van der Waals surface area contributed by atoms with Gasteiger partial charge in [-0.3, -0.25) is 14.7 Å². The van der Waals surface area contributed by atoms with Crippen LogP contribution in [0.3, 0.4) is 0 Å². The summed E-state index contributed by atoms with van der Waals surface area (Å²) in [6.45, 7) is 2.20. The first-order valence-electron chi connectivity index (χ1n) is 9.43. The monoisotopic (exact) mass is 489 g/mol. The third-order valence-electron chi connectivity index (χ3n) is 4.94. The van der Waals surface area contributed by atoms with Crippen LogP contribution < -0.4 is 9.64 Å². The molecule has 1 aliphatic heterocycles. The van der Waals surface area contributed by atoms with E-state index in [0.29, 0.717) is 5.92 Å². The summed E-state index contributed by atoms with van der Waals surface area (Å²) in [5.74, 6) is 2.36. The maximum Gasteiger partial charge on any atom is 0.485 e. The fourth-order valence-electron chi connectivity index (χ4n) is 3.53. The van der Waals surface area contributed by atoms with Crippen LogP contribution in [-0.4, -0.2) is 55.0 Å². The third kappa shape index (κ3) is 5.79. The summed E-state index contributed by atoms with van der Waals surface area (Å²) in [4.78, 5) is 12.8. The minimum Gasteiger partial charge on any atom is -0.741 e. The highest BCUT2D eigenvalue weighted by molar-refractivity contribution is 7.86. The van der Waals surface area contributed by atoms with E-state index in [1.165, 1.54) is 11.4 Å². The molecule has 1 aliphatic rings. The van der Waals surface area contributed by atoms with E-state index in [9.17, 15) is 23.3 Å². The summed E-state index contributed by atoms with van der Waals surface area (Å²) >= 11 is 0. The predicted octanol–water partition coefficient (Wildman–Crippen LogP) is 3.52. The van der Waals surface area contributed by atoms with E-state index >= 15 is 0 Å². The molecule has 1 fully saturated rings. The van der Waals surface area contributed by atoms with Gasteiger partial charge in [0.1, 0.15) is 23.4 Å². The highest BCUT2D eigenvalue weighted by Gasteiger charge is 2.52. The molecule has 0 unspecified atom stereocenters. The number of hydrogen-bond acceptors (Lipinski definition) is 6. The predicted molar refractivity (Wildman–Crippen MR) is 113 cm³/mol. The lowest BCUT2D eigenvalue weighted by Gasteiger charge is -2.42. The molecule has 33 heavy (non-hydrogen) atoms. The van der Waals surface area contributed by atoms with Gasteiger partial charge < -0.3 is 9.29 Å². The highest BCUT2D eigenvalue weighted by Crippen LogP contribution is 2.44. The molecule has 2 aromatic rings. The van der Waals surface area contributed by atoms with Crippen LogP contribution in [0.25, 0.3) is 0 Å². The van der Waals surface area contributed by atoms with Crippen molar-refractivity contribution in [1.82, 2.24) is 0 Å². The average Bonchev–Trinajstić information content (AvgIpc) is 2.71. The molecule has 0 saturated carbocycles. The van der Waals surface area contributed by atoms with Gasteiger partial charge in [-0.25, -0.2) is 13.3 Å². The lowest BCUT2D eigenvalue weighted by atomic mass is 9.82. The van der Waals surface area contributed by atoms with E-state index in [1.54, 1.807) is 19.2 Å². The Balaban J connectivity index is 0.000000414. The lowest BCUT2D eigenvalue weighted by Crippen LogP contribution is -2.57. The Bertz CT molecular complexity index is 1130. The summed E-state index contributed by atoms with van der Waals surface area (Å²) in [7, 11) is -0.391. The third-order valence-corrected chi connectivity index (χ3v) is 5.51.